The molecule has 1 aliphatic rings. The summed E-state index contributed by atoms with van der Waals surface area (Å²) < 4.78 is 2.49. The van der Waals surface area contributed by atoms with Crippen molar-refractivity contribution in [3.63, 3.8) is 0 Å². The molecule has 210 valence electrons. The Morgan fingerprint density at radius 3 is 2.44 bits per heavy atom. The summed E-state index contributed by atoms with van der Waals surface area (Å²) in [7, 11) is 0. The zero-order valence-corrected chi connectivity index (χ0v) is 23.5. The van der Waals surface area contributed by atoms with Crippen LogP contribution in [0.4, 0.5) is 0 Å². The highest BCUT2D eigenvalue weighted by Gasteiger charge is 2.61. The highest BCUT2D eigenvalue weighted by molar-refractivity contribution is 6.31. The van der Waals surface area contributed by atoms with E-state index in [1.54, 1.807) is 36.5 Å². The second-order valence-electron chi connectivity index (χ2n) is 10.7. The molecule has 0 spiro atoms. The number of aromatic carboxylic acids is 1. The van der Waals surface area contributed by atoms with E-state index >= 15 is 0 Å². The zero-order chi connectivity index (χ0) is 29.6. The van der Waals surface area contributed by atoms with Crippen molar-refractivity contribution < 1.29 is 14.6 Å². The first-order chi connectivity index (χ1) is 20.9. The van der Waals surface area contributed by atoms with Gasteiger partial charge in [0.2, 0.25) is 5.69 Å². The number of carboxylic acid groups (broad SMARTS) is 1. The molecule has 7 rings (SSSR count). The van der Waals surface area contributed by atoms with Gasteiger partial charge in [0.15, 0.2) is 6.20 Å². The lowest BCUT2D eigenvalue weighted by Crippen LogP contribution is -2.37. The van der Waals surface area contributed by atoms with Crippen molar-refractivity contribution in [2.75, 3.05) is 0 Å². The zero-order valence-electron chi connectivity index (χ0n) is 22.7. The quantitative estimate of drug-likeness (QED) is 0.170. The van der Waals surface area contributed by atoms with Gasteiger partial charge in [-0.15, -0.1) is 5.10 Å². The summed E-state index contributed by atoms with van der Waals surface area (Å²) in [6.45, 7) is 0. The maximum Gasteiger partial charge on any atom is 0.335 e. The number of halogens is 1. The third-order valence-corrected chi connectivity index (χ3v) is 8.46. The van der Waals surface area contributed by atoms with Gasteiger partial charge in [-0.05, 0) is 81.6 Å². The number of carbonyl (C=O) groups is 1. The molecule has 2 unspecified atom stereocenters. The number of benzene rings is 4. The van der Waals surface area contributed by atoms with E-state index < -0.39 is 11.4 Å². The van der Waals surface area contributed by atoms with Gasteiger partial charge in [0.05, 0.1) is 16.7 Å². The Balaban J connectivity index is 1.35. The Hall–Kier alpha value is -5.34. The van der Waals surface area contributed by atoms with Crippen LogP contribution in [0.25, 0.3) is 27.9 Å². The maximum absolute atomic E-state index is 14.0. The van der Waals surface area contributed by atoms with Gasteiger partial charge in [0.1, 0.15) is 6.33 Å². The van der Waals surface area contributed by atoms with Crippen LogP contribution in [0.15, 0.2) is 122 Å². The van der Waals surface area contributed by atoms with Crippen LogP contribution in [-0.4, -0.2) is 31.3 Å². The lowest BCUT2D eigenvalue weighted by Gasteiger charge is -2.20. The number of nitrogens with zero attached hydrogens (tertiary/aromatic N) is 5. The Kier molecular flexibility index (Phi) is 6.48. The second-order valence-corrected chi connectivity index (χ2v) is 11.1. The van der Waals surface area contributed by atoms with Crippen molar-refractivity contribution in [2.24, 2.45) is 0 Å². The molecule has 0 radical (unpaired) electrons. The summed E-state index contributed by atoms with van der Waals surface area (Å²) in [4.78, 5) is 11.6. The van der Waals surface area contributed by atoms with E-state index in [4.69, 9.17) is 11.6 Å². The molecular formula is C34H24ClN5O3. The van der Waals surface area contributed by atoms with Crippen molar-refractivity contribution in [3.8, 4) is 27.9 Å². The molecule has 1 N–H and O–H groups in total. The van der Waals surface area contributed by atoms with Gasteiger partial charge in [0, 0.05) is 28.1 Å². The smallest absolute Gasteiger partial charge is 0.335 e. The molecule has 0 amide bonds. The van der Waals surface area contributed by atoms with Crippen LogP contribution >= 0.6 is 11.6 Å². The van der Waals surface area contributed by atoms with Gasteiger partial charge < -0.3 is 10.3 Å². The van der Waals surface area contributed by atoms with Crippen LogP contribution in [0.5, 0.6) is 0 Å². The molecule has 2 aromatic heterocycles. The Bertz CT molecular complexity index is 1980. The second kappa shape index (κ2) is 10.5. The van der Waals surface area contributed by atoms with Crippen LogP contribution in [0.2, 0.25) is 5.02 Å². The van der Waals surface area contributed by atoms with Crippen LogP contribution in [0.3, 0.4) is 0 Å². The number of aromatic nitrogens is 5. The van der Waals surface area contributed by atoms with Gasteiger partial charge >= 0.3 is 5.97 Å². The van der Waals surface area contributed by atoms with Crippen molar-refractivity contribution in [1.29, 1.82) is 0 Å². The minimum atomic E-state index is -0.976. The molecule has 1 fully saturated rings. The van der Waals surface area contributed by atoms with Crippen LogP contribution < -0.4 is 4.73 Å². The lowest BCUT2D eigenvalue weighted by molar-refractivity contribution is -0.615. The van der Waals surface area contributed by atoms with Crippen molar-refractivity contribution in [2.45, 2.75) is 17.8 Å². The summed E-state index contributed by atoms with van der Waals surface area (Å²) in [5, 5.41) is 35.5. The molecule has 6 aromatic rings. The van der Waals surface area contributed by atoms with E-state index in [0.29, 0.717) is 22.0 Å². The predicted molar refractivity (Wildman–Crippen MR) is 162 cm³/mol. The fourth-order valence-corrected chi connectivity index (χ4v) is 6.28. The number of hydrogen-bond donors (Lipinski definition) is 1. The molecule has 2 heterocycles. The summed E-state index contributed by atoms with van der Waals surface area (Å²) in [6, 6.07) is 34.4. The molecule has 0 bridgehead atoms. The average molecular weight is 586 g/mol. The van der Waals surface area contributed by atoms with E-state index in [9.17, 15) is 15.1 Å². The lowest BCUT2D eigenvalue weighted by atomic mass is 9.85. The van der Waals surface area contributed by atoms with E-state index in [1.807, 2.05) is 60.7 Å². The molecule has 8 nitrogen and oxygen atoms in total. The maximum atomic E-state index is 14.0. The predicted octanol–water partition coefficient (Wildman–Crippen LogP) is 6.45. The standard InChI is InChI=1S/C34H24ClN5O3/c35-28-13-14-31(39-21-36-37-38-39)29(18-28)26-12-15-32(40(43)20-26)34(19-30(34)22-6-2-1-3-7-22)27-11-5-9-24(17-27)23-8-4-10-25(16-23)33(41)42/h1-18,20-21,30H,19H2,(H,41,42). The number of hydrogen-bond acceptors (Lipinski definition) is 5. The highest BCUT2D eigenvalue weighted by Crippen LogP contribution is 2.63. The number of tetrazole rings is 1. The minimum absolute atomic E-state index is 0.0864. The van der Waals surface area contributed by atoms with Gasteiger partial charge in [0.25, 0.3) is 0 Å². The van der Waals surface area contributed by atoms with Crippen molar-refractivity contribution in [1.82, 2.24) is 20.2 Å². The molecule has 1 saturated carbocycles. The van der Waals surface area contributed by atoms with E-state index in [1.165, 1.54) is 11.0 Å². The largest absolute Gasteiger partial charge is 0.618 e. The molecule has 43 heavy (non-hydrogen) atoms. The monoisotopic (exact) mass is 585 g/mol. The third-order valence-electron chi connectivity index (χ3n) is 8.22. The summed E-state index contributed by atoms with van der Waals surface area (Å²) >= 11 is 6.36. The van der Waals surface area contributed by atoms with Crippen molar-refractivity contribution in [3.05, 3.63) is 154 Å². The highest BCUT2D eigenvalue weighted by atomic mass is 35.5. The first-order valence-electron chi connectivity index (χ1n) is 13.7. The van der Waals surface area contributed by atoms with Gasteiger partial charge in [-0.1, -0.05) is 72.3 Å². The summed E-state index contributed by atoms with van der Waals surface area (Å²) in [5.41, 5.74) is 6.21. The van der Waals surface area contributed by atoms with Gasteiger partial charge in [-0.25, -0.2) is 4.79 Å². The fraction of sp³-hybridized carbons (Fsp3) is 0.0882. The van der Waals surface area contributed by atoms with Crippen LogP contribution in [-0.2, 0) is 5.41 Å². The Morgan fingerprint density at radius 1 is 0.907 bits per heavy atom. The molecule has 1 aliphatic carbocycles. The molecule has 4 aromatic carbocycles. The SMILES string of the molecule is O=C(O)c1cccc(-c2cccc(C3(c4ccc(-c5cc(Cl)ccc5-n5cnnn5)c[n+]4[O-])CC3c3ccccc3)c2)c1. The Labute approximate surface area is 252 Å². The van der Waals surface area contributed by atoms with Crippen molar-refractivity contribution >= 4 is 17.6 Å². The van der Waals surface area contributed by atoms with Crippen LogP contribution in [0, 0.1) is 5.21 Å². The topological polar surface area (TPSA) is 108 Å². The molecule has 9 heteroatoms. The molecular weight excluding hydrogens is 562 g/mol. The Morgan fingerprint density at radius 2 is 1.70 bits per heavy atom. The molecule has 0 saturated heterocycles. The van der Waals surface area contributed by atoms with E-state index in [-0.39, 0.29) is 11.5 Å². The third kappa shape index (κ3) is 4.71. The first-order valence-corrected chi connectivity index (χ1v) is 14.1. The summed E-state index contributed by atoms with van der Waals surface area (Å²) in [5.74, 6) is -0.889. The van der Waals surface area contributed by atoms with Gasteiger partial charge in [-0.2, -0.15) is 9.41 Å². The van der Waals surface area contributed by atoms with E-state index in [0.717, 1.165) is 39.0 Å². The fourth-order valence-electron chi connectivity index (χ4n) is 6.11. The van der Waals surface area contributed by atoms with Gasteiger partial charge in [-0.3, -0.25) is 0 Å². The number of rotatable bonds is 7. The molecule has 0 aliphatic heterocycles. The van der Waals surface area contributed by atoms with E-state index in [2.05, 4.69) is 33.7 Å². The number of pyridine rings is 1. The minimum Gasteiger partial charge on any atom is -0.618 e. The molecule has 2 atom stereocenters. The normalized spacial score (nSPS) is 17.5. The number of carboxylic acids is 1. The van der Waals surface area contributed by atoms with Crippen LogP contribution in [0.1, 0.15) is 39.5 Å². The first kappa shape index (κ1) is 26.6. The average Bonchev–Trinajstić information content (AvgIpc) is 3.55. The summed E-state index contributed by atoms with van der Waals surface area (Å²) in [6.07, 6.45) is 3.83.